The average Bonchev–Trinajstić information content (AvgIpc) is 2.01. The third-order valence-electron chi connectivity index (χ3n) is 1.48. The molecular weight excluding hydrogens is 199 g/mol. The average molecular weight is 203 g/mol. The summed E-state index contributed by atoms with van der Waals surface area (Å²) in [6.45, 7) is 1.36. The second-order valence-electron chi connectivity index (χ2n) is 2.59. The fourth-order valence-corrected chi connectivity index (χ4v) is 0.906. The first-order chi connectivity index (χ1) is 6.32. The van der Waals surface area contributed by atoms with E-state index in [1.807, 2.05) is 6.07 Å². The maximum atomic E-state index is 12.3. The largest absolute Gasteiger partial charge is 0.423 e. The van der Waals surface area contributed by atoms with E-state index in [1.54, 1.807) is 0 Å². The van der Waals surface area contributed by atoms with Crippen molar-refractivity contribution in [3.8, 4) is 0 Å². The molecule has 0 fully saturated rings. The minimum atomic E-state index is -4.74. The molecule has 0 radical (unpaired) electrons. The molecule has 0 spiro atoms. The van der Waals surface area contributed by atoms with Gasteiger partial charge in [-0.2, -0.15) is 13.2 Å². The molecule has 74 valence electrons. The van der Waals surface area contributed by atoms with E-state index in [4.69, 9.17) is 0 Å². The molecule has 0 aliphatic rings. The Morgan fingerprint density at radius 2 is 2.00 bits per heavy atom. The van der Waals surface area contributed by atoms with Gasteiger partial charge in [0.15, 0.2) is 0 Å². The van der Waals surface area contributed by atoms with Gasteiger partial charge < -0.3 is 0 Å². The Balaban J connectivity index is 3.38. The zero-order valence-corrected chi connectivity index (χ0v) is 6.97. The first-order valence-corrected chi connectivity index (χ1v) is 3.48. The molecule has 0 aliphatic heterocycles. The van der Waals surface area contributed by atoms with Crippen LogP contribution in [0.4, 0.5) is 18.9 Å². The van der Waals surface area contributed by atoms with Crippen LogP contribution < -0.4 is 0 Å². The van der Waals surface area contributed by atoms with Gasteiger partial charge in [-0.15, -0.1) is 0 Å². The highest BCUT2D eigenvalue weighted by atomic mass is 19.4. The summed E-state index contributed by atoms with van der Waals surface area (Å²) >= 11 is 0. The van der Waals surface area contributed by atoms with Crippen LogP contribution in [0.5, 0.6) is 0 Å². The minimum Gasteiger partial charge on any atom is -0.258 e. The van der Waals surface area contributed by atoms with Gasteiger partial charge in [-0.3, -0.25) is 10.1 Å². The Morgan fingerprint density at radius 3 is 2.43 bits per heavy atom. The summed E-state index contributed by atoms with van der Waals surface area (Å²) in [7, 11) is 0. The lowest BCUT2D eigenvalue weighted by Crippen LogP contribution is -2.08. The van der Waals surface area contributed by atoms with Crippen LogP contribution in [0.25, 0.3) is 0 Å². The van der Waals surface area contributed by atoms with E-state index in [2.05, 4.69) is 6.07 Å². The molecule has 0 unspecified atom stereocenters. The van der Waals surface area contributed by atoms with E-state index in [1.165, 1.54) is 6.92 Å². The number of aryl methyl sites for hydroxylation is 1. The van der Waals surface area contributed by atoms with Gasteiger partial charge in [-0.1, -0.05) is 6.07 Å². The monoisotopic (exact) mass is 203 g/mol. The van der Waals surface area contributed by atoms with Crippen molar-refractivity contribution in [3.05, 3.63) is 39.4 Å². The minimum absolute atomic E-state index is 0.155. The standard InChI is InChI=1S/C8H4F3NO2/c1-5-2-3-7(12(13)14)6(4-5)8(9,10)11/h4H,1H3. The summed E-state index contributed by atoms with van der Waals surface area (Å²) in [5.74, 6) is 0. The number of nitrogens with zero attached hydrogens (tertiary/aromatic N) is 1. The molecule has 0 saturated heterocycles. The van der Waals surface area contributed by atoms with Crippen molar-refractivity contribution in [2.24, 2.45) is 0 Å². The first-order valence-electron chi connectivity index (χ1n) is 3.48. The summed E-state index contributed by atoms with van der Waals surface area (Å²) in [5.41, 5.74) is -2.23. The van der Waals surface area contributed by atoms with Gasteiger partial charge in [0, 0.05) is 11.6 Å². The van der Waals surface area contributed by atoms with Crippen LogP contribution in [-0.4, -0.2) is 4.92 Å². The number of hydrogen-bond acceptors (Lipinski definition) is 2. The predicted molar refractivity (Wildman–Crippen MR) is 40.5 cm³/mol. The SMILES string of the molecule is Cc1c#cc([N+](=O)[O-])c(C(F)(F)F)c1. The second kappa shape index (κ2) is 3.18. The lowest BCUT2D eigenvalue weighted by Gasteiger charge is -2.05. The van der Waals surface area contributed by atoms with Crippen LogP contribution >= 0.6 is 0 Å². The summed E-state index contributed by atoms with van der Waals surface area (Å²) < 4.78 is 36.8. The maximum absolute atomic E-state index is 12.3. The molecule has 0 N–H and O–H groups in total. The van der Waals surface area contributed by atoms with Crippen LogP contribution in [0.3, 0.4) is 0 Å². The van der Waals surface area contributed by atoms with E-state index < -0.39 is 22.4 Å². The van der Waals surface area contributed by atoms with Crippen LogP contribution in [-0.2, 0) is 6.18 Å². The number of alkyl halides is 3. The summed E-state index contributed by atoms with van der Waals surface area (Å²) in [4.78, 5) is 9.11. The quantitative estimate of drug-likeness (QED) is 0.519. The zero-order chi connectivity index (χ0) is 10.9. The van der Waals surface area contributed by atoms with Gasteiger partial charge in [0.1, 0.15) is 5.56 Å². The lowest BCUT2D eigenvalue weighted by molar-refractivity contribution is -0.388. The van der Waals surface area contributed by atoms with Gasteiger partial charge in [-0.05, 0) is 13.0 Å². The number of nitro groups is 1. The molecule has 14 heavy (non-hydrogen) atoms. The molecule has 6 heteroatoms. The van der Waals surface area contributed by atoms with Gasteiger partial charge >= 0.3 is 11.9 Å². The Labute approximate surface area is 77.3 Å². The highest BCUT2D eigenvalue weighted by Crippen LogP contribution is 2.34. The van der Waals surface area contributed by atoms with Gasteiger partial charge in [-0.25, -0.2) is 0 Å². The third kappa shape index (κ3) is 1.93. The van der Waals surface area contributed by atoms with Crippen molar-refractivity contribution in [2.75, 3.05) is 0 Å². The van der Waals surface area contributed by atoms with Crippen molar-refractivity contribution in [1.29, 1.82) is 0 Å². The predicted octanol–water partition coefficient (Wildman–Crippen LogP) is 2.52. The topological polar surface area (TPSA) is 43.1 Å². The zero-order valence-electron chi connectivity index (χ0n) is 6.97. The molecule has 0 amide bonds. The lowest BCUT2D eigenvalue weighted by atomic mass is 10.1. The van der Waals surface area contributed by atoms with Crippen molar-refractivity contribution >= 4 is 5.69 Å². The fraction of sp³-hybridized carbons (Fsp3) is 0.250. The van der Waals surface area contributed by atoms with Crippen molar-refractivity contribution < 1.29 is 18.1 Å². The van der Waals surface area contributed by atoms with Gasteiger partial charge in [0.05, 0.1) is 4.92 Å². The van der Waals surface area contributed by atoms with Crippen molar-refractivity contribution in [1.82, 2.24) is 0 Å². The molecule has 3 nitrogen and oxygen atoms in total. The van der Waals surface area contributed by atoms with Gasteiger partial charge in [0.25, 0.3) is 0 Å². The van der Waals surface area contributed by atoms with E-state index >= 15 is 0 Å². The first kappa shape index (κ1) is 10.3. The van der Waals surface area contributed by atoms with Crippen LogP contribution in [0.15, 0.2) is 6.07 Å². The normalized spacial score (nSPS) is 10.9. The van der Waals surface area contributed by atoms with Crippen LogP contribution in [0.1, 0.15) is 11.1 Å². The number of rotatable bonds is 1. The summed E-state index contributed by atoms with van der Waals surface area (Å²) in [6, 6.07) is 4.77. The van der Waals surface area contributed by atoms with E-state index in [0.717, 1.165) is 0 Å². The highest BCUT2D eigenvalue weighted by Gasteiger charge is 2.38. The van der Waals surface area contributed by atoms with Crippen molar-refractivity contribution in [3.63, 3.8) is 0 Å². The molecular formula is C8H4F3NO2. The van der Waals surface area contributed by atoms with E-state index in [-0.39, 0.29) is 5.56 Å². The molecule has 0 aliphatic carbocycles. The maximum Gasteiger partial charge on any atom is 0.423 e. The summed E-state index contributed by atoms with van der Waals surface area (Å²) in [5, 5.41) is 10.2. The molecule has 0 bridgehead atoms. The molecule has 0 aromatic heterocycles. The Morgan fingerprint density at radius 1 is 1.43 bits per heavy atom. The second-order valence-corrected chi connectivity index (χ2v) is 2.59. The molecule has 1 aromatic rings. The molecule has 1 aromatic carbocycles. The van der Waals surface area contributed by atoms with E-state index in [0.29, 0.717) is 6.07 Å². The molecule has 1 rings (SSSR count). The molecule has 0 heterocycles. The highest BCUT2D eigenvalue weighted by molar-refractivity contribution is 5.40. The molecule has 0 saturated carbocycles. The molecule has 0 atom stereocenters. The number of hydrogen-bond donors (Lipinski definition) is 0. The summed E-state index contributed by atoms with van der Waals surface area (Å²) in [6.07, 6.45) is -4.74. The Kier molecular flexibility index (Phi) is 2.34. The number of halogens is 3. The van der Waals surface area contributed by atoms with E-state index in [9.17, 15) is 23.3 Å². The Bertz CT molecular complexity index is 373. The van der Waals surface area contributed by atoms with Gasteiger partial charge in [0.2, 0.25) is 0 Å². The fourth-order valence-electron chi connectivity index (χ4n) is 0.906. The third-order valence-corrected chi connectivity index (χ3v) is 1.48. The van der Waals surface area contributed by atoms with Crippen LogP contribution in [0, 0.1) is 29.2 Å². The smallest absolute Gasteiger partial charge is 0.258 e. The van der Waals surface area contributed by atoms with Crippen molar-refractivity contribution in [2.45, 2.75) is 13.1 Å². The van der Waals surface area contributed by atoms with Crippen LogP contribution in [0.2, 0.25) is 0 Å². The Hall–Kier alpha value is -1.77.